The van der Waals surface area contributed by atoms with Gasteiger partial charge in [-0.05, 0) is 55.4 Å². The number of hydrogen-bond acceptors (Lipinski definition) is 2. The first-order valence-corrected chi connectivity index (χ1v) is 7.47. The molecule has 0 aromatic heterocycles. The molecule has 18 heavy (non-hydrogen) atoms. The third kappa shape index (κ3) is 3.47. The van der Waals surface area contributed by atoms with E-state index in [0.717, 1.165) is 31.2 Å². The Morgan fingerprint density at radius 3 is 2.67 bits per heavy atom. The maximum atomic E-state index is 12.0. The molecule has 3 nitrogen and oxygen atoms in total. The second-order valence-electron chi connectivity index (χ2n) is 7.12. The average molecular weight is 252 g/mol. The first-order valence-electron chi connectivity index (χ1n) is 7.47. The molecule has 2 saturated carbocycles. The van der Waals surface area contributed by atoms with Crippen LogP contribution in [0.15, 0.2) is 0 Å². The van der Waals surface area contributed by atoms with Crippen LogP contribution in [-0.4, -0.2) is 19.0 Å². The van der Waals surface area contributed by atoms with Crippen molar-refractivity contribution in [2.24, 2.45) is 28.9 Å². The lowest BCUT2D eigenvalue weighted by Crippen LogP contribution is -2.36. The van der Waals surface area contributed by atoms with E-state index in [4.69, 9.17) is 5.73 Å². The predicted octanol–water partition coefficient (Wildman–Crippen LogP) is 2.30. The van der Waals surface area contributed by atoms with Crippen molar-refractivity contribution < 1.29 is 4.79 Å². The minimum Gasteiger partial charge on any atom is -0.356 e. The number of nitrogens with two attached hydrogens (primary N) is 1. The number of hydrogen-bond donors (Lipinski definition) is 2. The summed E-state index contributed by atoms with van der Waals surface area (Å²) in [5.41, 5.74) is 5.71. The summed E-state index contributed by atoms with van der Waals surface area (Å²) in [5.74, 6) is 2.69. The standard InChI is InChI=1S/C15H28N2O/c1-15(2,5-6-16)10-17-14(18)9-13-8-11-3-4-12(13)7-11/h11-13H,3-10,16H2,1-2H3,(H,17,18). The lowest BCUT2D eigenvalue weighted by Gasteiger charge is -2.25. The third-order valence-electron chi connectivity index (χ3n) is 4.92. The highest BCUT2D eigenvalue weighted by atomic mass is 16.1. The second kappa shape index (κ2) is 5.60. The zero-order valence-electron chi connectivity index (χ0n) is 11.9. The molecule has 3 atom stereocenters. The van der Waals surface area contributed by atoms with E-state index in [1.54, 1.807) is 0 Å². The van der Waals surface area contributed by atoms with Crippen molar-refractivity contribution in [1.29, 1.82) is 0 Å². The van der Waals surface area contributed by atoms with Gasteiger partial charge in [0.15, 0.2) is 0 Å². The maximum absolute atomic E-state index is 12.0. The van der Waals surface area contributed by atoms with Gasteiger partial charge in [0.05, 0.1) is 0 Å². The normalized spacial score (nSPS) is 30.7. The summed E-state index contributed by atoms with van der Waals surface area (Å²) in [7, 11) is 0. The molecule has 3 unspecified atom stereocenters. The van der Waals surface area contributed by atoms with Crippen molar-refractivity contribution in [1.82, 2.24) is 5.32 Å². The van der Waals surface area contributed by atoms with E-state index in [1.807, 2.05) is 0 Å². The molecule has 3 N–H and O–H groups in total. The van der Waals surface area contributed by atoms with Crippen molar-refractivity contribution in [3.8, 4) is 0 Å². The molecule has 0 spiro atoms. The molecule has 0 saturated heterocycles. The van der Waals surface area contributed by atoms with Crippen LogP contribution in [0.4, 0.5) is 0 Å². The number of fused-ring (bicyclic) bond motifs is 2. The lowest BCUT2D eigenvalue weighted by molar-refractivity contribution is -0.122. The van der Waals surface area contributed by atoms with E-state index in [0.29, 0.717) is 12.5 Å². The molecular weight excluding hydrogens is 224 g/mol. The number of carbonyl (C=O) groups is 1. The van der Waals surface area contributed by atoms with Crippen LogP contribution in [0.1, 0.15) is 52.4 Å². The molecule has 2 bridgehead atoms. The summed E-state index contributed by atoms with van der Waals surface area (Å²) in [6, 6.07) is 0. The largest absolute Gasteiger partial charge is 0.356 e. The van der Waals surface area contributed by atoms with Crippen LogP contribution in [0, 0.1) is 23.2 Å². The Morgan fingerprint density at radius 2 is 2.11 bits per heavy atom. The molecule has 0 radical (unpaired) electrons. The van der Waals surface area contributed by atoms with Crippen LogP contribution < -0.4 is 11.1 Å². The third-order valence-corrected chi connectivity index (χ3v) is 4.92. The van der Waals surface area contributed by atoms with Crippen LogP contribution in [0.2, 0.25) is 0 Å². The maximum Gasteiger partial charge on any atom is 0.220 e. The molecule has 2 aliphatic carbocycles. The first-order chi connectivity index (χ1) is 8.50. The van der Waals surface area contributed by atoms with Gasteiger partial charge in [0.2, 0.25) is 5.91 Å². The van der Waals surface area contributed by atoms with Gasteiger partial charge >= 0.3 is 0 Å². The molecular formula is C15H28N2O. The van der Waals surface area contributed by atoms with Crippen molar-refractivity contribution in [2.75, 3.05) is 13.1 Å². The highest BCUT2D eigenvalue weighted by Crippen LogP contribution is 2.49. The summed E-state index contributed by atoms with van der Waals surface area (Å²) in [4.78, 5) is 12.0. The number of rotatable bonds is 6. The number of amides is 1. The zero-order valence-corrected chi connectivity index (χ0v) is 11.9. The Bertz CT molecular complexity index is 301. The van der Waals surface area contributed by atoms with E-state index >= 15 is 0 Å². The summed E-state index contributed by atoms with van der Waals surface area (Å²) in [5, 5.41) is 3.10. The van der Waals surface area contributed by atoms with E-state index < -0.39 is 0 Å². The van der Waals surface area contributed by atoms with Crippen molar-refractivity contribution in [3.05, 3.63) is 0 Å². The topological polar surface area (TPSA) is 55.1 Å². The number of carbonyl (C=O) groups excluding carboxylic acids is 1. The second-order valence-corrected chi connectivity index (χ2v) is 7.12. The van der Waals surface area contributed by atoms with Crippen LogP contribution in [0.25, 0.3) is 0 Å². The minimum absolute atomic E-state index is 0.124. The van der Waals surface area contributed by atoms with Crippen molar-refractivity contribution >= 4 is 5.91 Å². The smallest absolute Gasteiger partial charge is 0.220 e. The fraction of sp³-hybridized carbons (Fsp3) is 0.933. The molecule has 0 heterocycles. The molecule has 2 aliphatic rings. The van der Waals surface area contributed by atoms with Gasteiger partial charge in [0, 0.05) is 13.0 Å². The molecule has 3 heteroatoms. The van der Waals surface area contributed by atoms with Crippen LogP contribution in [0.3, 0.4) is 0 Å². The van der Waals surface area contributed by atoms with Crippen LogP contribution in [0.5, 0.6) is 0 Å². The van der Waals surface area contributed by atoms with Crippen LogP contribution in [-0.2, 0) is 4.79 Å². The Kier molecular flexibility index (Phi) is 4.31. The van der Waals surface area contributed by atoms with Gasteiger partial charge in [-0.3, -0.25) is 4.79 Å². The number of nitrogens with one attached hydrogen (secondary N) is 1. The van der Waals surface area contributed by atoms with Gasteiger partial charge in [-0.1, -0.05) is 20.3 Å². The summed E-state index contributed by atoms with van der Waals surface area (Å²) < 4.78 is 0. The molecule has 104 valence electrons. The SMILES string of the molecule is CC(C)(CCN)CNC(=O)CC1CC2CCC1C2. The quantitative estimate of drug-likeness (QED) is 0.762. The lowest BCUT2D eigenvalue weighted by atomic mass is 9.86. The zero-order chi connectivity index (χ0) is 13.2. The highest BCUT2D eigenvalue weighted by molar-refractivity contribution is 5.76. The Morgan fingerprint density at radius 1 is 1.33 bits per heavy atom. The Labute approximate surface area is 111 Å². The summed E-state index contributed by atoms with van der Waals surface area (Å²) >= 11 is 0. The van der Waals surface area contributed by atoms with E-state index in [-0.39, 0.29) is 11.3 Å². The summed E-state index contributed by atoms with van der Waals surface area (Å²) in [6.45, 7) is 5.77. The summed E-state index contributed by atoms with van der Waals surface area (Å²) in [6.07, 6.45) is 7.16. The van der Waals surface area contributed by atoms with Crippen molar-refractivity contribution in [3.63, 3.8) is 0 Å². The fourth-order valence-electron chi connectivity index (χ4n) is 3.75. The molecule has 0 aromatic rings. The first kappa shape index (κ1) is 13.9. The van der Waals surface area contributed by atoms with Gasteiger partial charge in [-0.15, -0.1) is 0 Å². The molecule has 0 aromatic carbocycles. The van der Waals surface area contributed by atoms with E-state index in [2.05, 4.69) is 19.2 Å². The van der Waals surface area contributed by atoms with Gasteiger partial charge < -0.3 is 11.1 Å². The molecule has 2 rings (SSSR count). The van der Waals surface area contributed by atoms with E-state index in [1.165, 1.54) is 25.7 Å². The predicted molar refractivity (Wildman–Crippen MR) is 74.0 cm³/mol. The van der Waals surface area contributed by atoms with Gasteiger partial charge in [-0.25, -0.2) is 0 Å². The molecule has 2 fully saturated rings. The Hall–Kier alpha value is -0.570. The minimum atomic E-state index is 0.124. The van der Waals surface area contributed by atoms with Crippen molar-refractivity contribution in [2.45, 2.75) is 52.4 Å². The fourth-order valence-corrected chi connectivity index (χ4v) is 3.75. The molecule has 0 aliphatic heterocycles. The van der Waals surface area contributed by atoms with Crippen LogP contribution >= 0.6 is 0 Å². The molecule has 1 amide bonds. The van der Waals surface area contributed by atoms with Gasteiger partial charge in [-0.2, -0.15) is 0 Å². The highest BCUT2D eigenvalue weighted by Gasteiger charge is 2.40. The monoisotopic (exact) mass is 252 g/mol. The van der Waals surface area contributed by atoms with Gasteiger partial charge in [0.1, 0.15) is 0 Å². The van der Waals surface area contributed by atoms with Gasteiger partial charge in [0.25, 0.3) is 0 Å². The Balaban J connectivity index is 1.69. The average Bonchev–Trinajstić information content (AvgIpc) is 2.88. The van der Waals surface area contributed by atoms with E-state index in [9.17, 15) is 4.79 Å².